The number of methoxy groups -OCH3 is 1. The lowest BCUT2D eigenvalue weighted by molar-refractivity contribution is -0.141. The van der Waals surface area contributed by atoms with Crippen LogP contribution in [0.15, 0.2) is 29.3 Å². The molecule has 0 aromatic heterocycles. The minimum atomic E-state index is -0.256. The zero-order chi connectivity index (χ0) is 21.0. The summed E-state index contributed by atoms with van der Waals surface area (Å²) in [4.78, 5) is 32.6. The van der Waals surface area contributed by atoms with Crippen molar-refractivity contribution in [1.29, 1.82) is 0 Å². The molecule has 2 amide bonds. The number of halogens is 2. The summed E-state index contributed by atoms with van der Waals surface area (Å²) in [6.07, 6.45) is 5.35. The average molecular weight is 461 g/mol. The first-order valence-electron chi connectivity index (χ1n) is 9.51. The molecule has 2 saturated heterocycles. The lowest BCUT2D eigenvalue weighted by Gasteiger charge is -2.26. The Morgan fingerprint density at radius 2 is 2.31 bits per heavy atom. The molecule has 0 radical (unpaired) electrons. The van der Waals surface area contributed by atoms with Crippen LogP contribution < -0.4 is 5.32 Å². The largest absolute Gasteiger partial charge is 0.468 e. The molecule has 160 valence electrons. The third-order valence-electron chi connectivity index (χ3n) is 5.44. The molecule has 1 spiro atoms. The molecule has 3 unspecified atom stereocenters. The van der Waals surface area contributed by atoms with Crippen LogP contribution in [0.4, 0.5) is 4.79 Å². The number of nitrogens with zero attached hydrogens (tertiary/aromatic N) is 3. The molecule has 3 aliphatic heterocycles. The third-order valence-corrected chi connectivity index (χ3v) is 7.01. The van der Waals surface area contributed by atoms with Crippen molar-refractivity contribution in [1.82, 2.24) is 15.1 Å². The highest BCUT2D eigenvalue weighted by Crippen LogP contribution is 2.44. The molecule has 3 atom stereocenters. The van der Waals surface area contributed by atoms with Crippen LogP contribution in [0.1, 0.15) is 12.8 Å². The second kappa shape index (κ2) is 9.73. The highest BCUT2D eigenvalue weighted by molar-refractivity contribution is 8.15. The molecule has 0 aliphatic carbocycles. The number of ether oxygens (including phenoxy) is 1. The van der Waals surface area contributed by atoms with Gasteiger partial charge in [-0.2, -0.15) is 0 Å². The number of hydrogen-bond donors (Lipinski definition) is 1. The summed E-state index contributed by atoms with van der Waals surface area (Å²) in [5.74, 6) is -0.256. The van der Waals surface area contributed by atoms with Gasteiger partial charge in [-0.25, -0.2) is 4.79 Å². The maximum Gasteiger partial charge on any atom is 0.323 e. The fraction of sp³-hybridized carbons (Fsp3) is 0.632. The first kappa shape index (κ1) is 22.5. The first-order valence-corrected chi connectivity index (χ1v) is 11.3. The number of esters is 1. The van der Waals surface area contributed by atoms with Gasteiger partial charge >= 0.3 is 12.0 Å². The molecule has 3 rings (SSSR count). The fourth-order valence-corrected chi connectivity index (χ4v) is 5.32. The van der Waals surface area contributed by atoms with Crippen LogP contribution >= 0.6 is 35.0 Å². The standard InChI is InChI=1S/C19H26Cl2N4O3S/c1-3-4-14(20)7-13-9-25(18(27)23-17-22-8-15(21)29-17)12-19(13)5-6-24(11-19)10-16(26)28-2/h3,7,14-15H,1,4-6,8-12H2,2H3,(H,22,23,27)/b13-7+. The van der Waals surface area contributed by atoms with E-state index in [9.17, 15) is 9.59 Å². The number of thioether (sulfide) groups is 1. The minimum absolute atomic E-state index is 0.136. The minimum Gasteiger partial charge on any atom is -0.468 e. The smallest absolute Gasteiger partial charge is 0.323 e. The molecule has 0 saturated carbocycles. The quantitative estimate of drug-likeness (QED) is 0.387. The third kappa shape index (κ3) is 5.48. The predicted molar refractivity (Wildman–Crippen MR) is 118 cm³/mol. The number of carbonyl (C=O) groups is 2. The number of nitrogens with one attached hydrogen (secondary N) is 1. The van der Waals surface area contributed by atoms with E-state index in [-0.39, 0.29) is 34.0 Å². The Morgan fingerprint density at radius 3 is 2.97 bits per heavy atom. The molecular weight excluding hydrogens is 435 g/mol. The van der Waals surface area contributed by atoms with E-state index >= 15 is 0 Å². The lowest BCUT2D eigenvalue weighted by Crippen LogP contribution is -2.42. The van der Waals surface area contributed by atoms with Crippen molar-refractivity contribution in [3.8, 4) is 0 Å². The molecule has 0 bridgehead atoms. The van der Waals surface area contributed by atoms with Gasteiger partial charge in [0.25, 0.3) is 0 Å². The second-order valence-corrected chi connectivity index (χ2v) is 10.0. The normalized spacial score (nSPS) is 29.3. The Labute approximate surface area is 185 Å². The number of rotatable bonds is 5. The highest BCUT2D eigenvalue weighted by Gasteiger charge is 2.48. The van der Waals surface area contributed by atoms with Crippen LogP contribution in [0.3, 0.4) is 0 Å². The van der Waals surface area contributed by atoms with Crippen molar-refractivity contribution in [2.24, 2.45) is 10.4 Å². The molecular formula is C19H26Cl2N4O3S. The SMILES string of the molecule is C=CCC(Cl)/C=C1\CN(C(=O)NC2=NCC(Cl)S2)CC12CCN(CC(=O)OC)C2. The van der Waals surface area contributed by atoms with Crippen molar-refractivity contribution in [3.63, 3.8) is 0 Å². The maximum atomic E-state index is 12.8. The van der Waals surface area contributed by atoms with E-state index in [0.29, 0.717) is 37.8 Å². The van der Waals surface area contributed by atoms with Crippen molar-refractivity contribution in [3.05, 3.63) is 24.3 Å². The van der Waals surface area contributed by atoms with Crippen molar-refractivity contribution >= 4 is 52.1 Å². The zero-order valence-corrected chi connectivity index (χ0v) is 18.7. The van der Waals surface area contributed by atoms with E-state index in [1.54, 1.807) is 11.0 Å². The number of urea groups is 1. The number of amides is 2. The molecule has 0 aromatic carbocycles. The Hall–Kier alpha value is -1.22. The predicted octanol–water partition coefficient (Wildman–Crippen LogP) is 2.65. The molecule has 1 N–H and O–H groups in total. The van der Waals surface area contributed by atoms with E-state index in [1.165, 1.54) is 18.9 Å². The summed E-state index contributed by atoms with van der Waals surface area (Å²) in [7, 11) is 1.39. The summed E-state index contributed by atoms with van der Waals surface area (Å²) < 4.78 is 4.66. The summed E-state index contributed by atoms with van der Waals surface area (Å²) in [5, 5.41) is 3.24. The van der Waals surface area contributed by atoms with Crippen molar-refractivity contribution in [2.75, 3.05) is 46.4 Å². The molecule has 3 heterocycles. The molecule has 29 heavy (non-hydrogen) atoms. The first-order chi connectivity index (χ1) is 13.8. The molecule has 0 aromatic rings. The number of alkyl halides is 2. The summed E-state index contributed by atoms with van der Waals surface area (Å²) in [6.45, 7) is 7.03. The van der Waals surface area contributed by atoms with Gasteiger partial charge in [-0.3, -0.25) is 20.0 Å². The van der Waals surface area contributed by atoms with E-state index in [0.717, 1.165) is 18.5 Å². The van der Waals surface area contributed by atoms with Gasteiger partial charge < -0.3 is 9.64 Å². The number of allylic oxidation sites excluding steroid dienone is 2. The Morgan fingerprint density at radius 1 is 1.52 bits per heavy atom. The molecule has 2 fully saturated rings. The van der Waals surface area contributed by atoms with Gasteiger partial charge in [-0.15, -0.1) is 29.8 Å². The van der Waals surface area contributed by atoms with E-state index in [4.69, 9.17) is 27.9 Å². The van der Waals surface area contributed by atoms with Gasteiger partial charge in [-0.05, 0) is 25.0 Å². The maximum absolute atomic E-state index is 12.8. The lowest BCUT2D eigenvalue weighted by atomic mass is 9.81. The number of amidine groups is 1. The van der Waals surface area contributed by atoms with Crippen LogP contribution in [0.2, 0.25) is 0 Å². The fourth-order valence-electron chi connectivity index (χ4n) is 4.04. The average Bonchev–Trinajstić information content (AvgIpc) is 3.36. The number of hydrogen-bond acceptors (Lipinski definition) is 6. The van der Waals surface area contributed by atoms with E-state index in [2.05, 4.69) is 27.9 Å². The second-order valence-electron chi connectivity index (χ2n) is 7.51. The van der Waals surface area contributed by atoms with E-state index < -0.39 is 0 Å². The molecule has 7 nitrogen and oxygen atoms in total. The summed E-state index contributed by atoms with van der Waals surface area (Å²) in [6, 6.07) is -0.189. The van der Waals surface area contributed by atoms with Gasteiger partial charge in [-0.1, -0.05) is 23.9 Å². The Balaban J connectivity index is 1.73. The van der Waals surface area contributed by atoms with Crippen LogP contribution in [0.25, 0.3) is 0 Å². The summed E-state index contributed by atoms with van der Waals surface area (Å²) in [5.41, 5.74) is 0.928. The van der Waals surface area contributed by atoms with Crippen LogP contribution in [0.5, 0.6) is 0 Å². The van der Waals surface area contributed by atoms with Crippen molar-refractivity contribution < 1.29 is 14.3 Å². The number of aliphatic imine (C=N–C) groups is 1. The monoisotopic (exact) mass is 460 g/mol. The Bertz CT molecular complexity index is 732. The summed E-state index contributed by atoms with van der Waals surface area (Å²) >= 11 is 13.8. The van der Waals surface area contributed by atoms with Gasteiger partial charge in [0.05, 0.1) is 25.6 Å². The number of likely N-dealkylation sites (tertiary alicyclic amines) is 2. The van der Waals surface area contributed by atoms with Crippen LogP contribution in [-0.2, 0) is 9.53 Å². The Kier molecular flexibility index (Phi) is 7.53. The van der Waals surface area contributed by atoms with Gasteiger partial charge in [0.2, 0.25) is 0 Å². The highest BCUT2D eigenvalue weighted by atomic mass is 35.5. The number of carbonyl (C=O) groups excluding carboxylic acids is 2. The van der Waals surface area contributed by atoms with Gasteiger partial charge in [0.15, 0.2) is 5.17 Å². The van der Waals surface area contributed by atoms with Gasteiger partial charge in [0, 0.05) is 25.0 Å². The van der Waals surface area contributed by atoms with Crippen molar-refractivity contribution in [2.45, 2.75) is 22.9 Å². The van der Waals surface area contributed by atoms with Crippen LogP contribution in [0, 0.1) is 5.41 Å². The zero-order valence-electron chi connectivity index (χ0n) is 16.4. The van der Waals surface area contributed by atoms with E-state index in [1.807, 2.05) is 0 Å². The van der Waals surface area contributed by atoms with Gasteiger partial charge in [0.1, 0.15) is 4.71 Å². The topological polar surface area (TPSA) is 74.2 Å². The van der Waals surface area contributed by atoms with Crippen LogP contribution in [-0.4, -0.2) is 83.4 Å². The molecule has 3 aliphatic rings. The molecule has 10 heteroatoms.